The molecule has 0 atom stereocenters. The summed E-state index contributed by atoms with van der Waals surface area (Å²) in [4.78, 5) is 9.09. The lowest BCUT2D eigenvalue weighted by Crippen LogP contribution is -2.25. The molecule has 0 amide bonds. The summed E-state index contributed by atoms with van der Waals surface area (Å²) in [6.07, 6.45) is 10.5. The van der Waals surface area contributed by atoms with Crippen molar-refractivity contribution in [2.24, 2.45) is 16.6 Å². The molecule has 4 aromatic rings. The summed E-state index contributed by atoms with van der Waals surface area (Å²) >= 11 is 0. The molecular formula is C26H26N8O2. The molecule has 1 fully saturated rings. The van der Waals surface area contributed by atoms with E-state index in [0.717, 1.165) is 40.9 Å². The number of nitriles is 1. The first-order chi connectivity index (χ1) is 17.6. The molecule has 10 nitrogen and oxygen atoms in total. The predicted molar refractivity (Wildman–Crippen MR) is 135 cm³/mol. The lowest BCUT2D eigenvalue weighted by atomic mass is 9.81. The van der Waals surface area contributed by atoms with E-state index >= 15 is 0 Å². The Morgan fingerprint density at radius 3 is 2.75 bits per heavy atom. The van der Waals surface area contributed by atoms with Gasteiger partial charge in [0.15, 0.2) is 5.88 Å². The van der Waals surface area contributed by atoms with Crippen molar-refractivity contribution in [1.82, 2.24) is 24.4 Å². The van der Waals surface area contributed by atoms with E-state index < -0.39 is 0 Å². The van der Waals surface area contributed by atoms with Crippen molar-refractivity contribution in [2.75, 3.05) is 14.2 Å². The second kappa shape index (κ2) is 9.92. The van der Waals surface area contributed by atoms with Crippen LogP contribution >= 0.6 is 0 Å². The number of hydrogen-bond acceptors (Lipinski definition) is 8. The SMILES string of the molecule is CN=CC(=C(N)OCc1ccc(OC)cc1)c1cn2nccc2c(-c2cnn(C3CC(C#N)C3)c2)n1. The highest BCUT2D eigenvalue weighted by atomic mass is 16.5. The van der Waals surface area contributed by atoms with Gasteiger partial charge in [0.05, 0.1) is 66.2 Å². The van der Waals surface area contributed by atoms with E-state index in [0.29, 0.717) is 11.3 Å². The highest BCUT2D eigenvalue weighted by Gasteiger charge is 2.31. The largest absolute Gasteiger partial charge is 0.497 e. The summed E-state index contributed by atoms with van der Waals surface area (Å²) in [6.45, 7) is 0.283. The Bertz CT molecular complexity index is 1470. The molecular weight excluding hydrogens is 456 g/mol. The molecule has 36 heavy (non-hydrogen) atoms. The van der Waals surface area contributed by atoms with Gasteiger partial charge < -0.3 is 15.2 Å². The summed E-state index contributed by atoms with van der Waals surface area (Å²) < 4.78 is 14.8. The van der Waals surface area contributed by atoms with E-state index in [-0.39, 0.29) is 24.4 Å². The number of ether oxygens (including phenoxy) is 2. The van der Waals surface area contributed by atoms with Crippen molar-refractivity contribution in [3.63, 3.8) is 0 Å². The third-order valence-electron chi connectivity index (χ3n) is 6.29. The van der Waals surface area contributed by atoms with Gasteiger partial charge in [-0.15, -0.1) is 0 Å². The number of benzene rings is 1. The molecule has 0 bridgehead atoms. The monoisotopic (exact) mass is 482 g/mol. The van der Waals surface area contributed by atoms with Gasteiger partial charge in [-0.1, -0.05) is 12.1 Å². The van der Waals surface area contributed by atoms with Crippen molar-refractivity contribution >= 4 is 17.3 Å². The quantitative estimate of drug-likeness (QED) is 0.300. The Hall–Kier alpha value is -4.65. The summed E-state index contributed by atoms with van der Waals surface area (Å²) in [5, 5.41) is 18.0. The molecule has 1 aromatic carbocycles. The predicted octanol–water partition coefficient (Wildman–Crippen LogP) is 3.62. The molecule has 182 valence electrons. The molecule has 2 N–H and O–H groups in total. The molecule has 0 unspecified atom stereocenters. The van der Waals surface area contributed by atoms with E-state index in [4.69, 9.17) is 25.5 Å². The average molecular weight is 483 g/mol. The second-order valence-corrected chi connectivity index (χ2v) is 8.60. The first-order valence-electron chi connectivity index (χ1n) is 11.6. The number of nitrogens with zero attached hydrogens (tertiary/aromatic N) is 7. The zero-order valence-electron chi connectivity index (χ0n) is 20.1. The van der Waals surface area contributed by atoms with Crippen LogP contribution in [0.5, 0.6) is 5.75 Å². The molecule has 0 aliphatic heterocycles. The lowest BCUT2D eigenvalue weighted by Gasteiger charge is -2.30. The zero-order valence-corrected chi connectivity index (χ0v) is 20.1. The van der Waals surface area contributed by atoms with Crippen LogP contribution in [-0.4, -0.2) is 44.8 Å². The number of methoxy groups -OCH3 is 1. The Morgan fingerprint density at radius 2 is 2.03 bits per heavy atom. The number of allylic oxidation sites excluding steroid dienone is 1. The highest BCUT2D eigenvalue weighted by Crippen LogP contribution is 2.37. The fourth-order valence-corrected chi connectivity index (χ4v) is 4.18. The van der Waals surface area contributed by atoms with Gasteiger partial charge in [0.25, 0.3) is 0 Å². The average Bonchev–Trinajstić information content (AvgIpc) is 3.55. The van der Waals surface area contributed by atoms with Gasteiger partial charge in [0, 0.05) is 25.0 Å². The highest BCUT2D eigenvalue weighted by molar-refractivity contribution is 6.09. The summed E-state index contributed by atoms with van der Waals surface area (Å²) in [5.41, 5.74) is 10.9. The van der Waals surface area contributed by atoms with Gasteiger partial charge in [-0.25, -0.2) is 9.50 Å². The van der Waals surface area contributed by atoms with Crippen molar-refractivity contribution in [3.8, 4) is 23.1 Å². The minimum absolute atomic E-state index is 0.104. The Kier molecular flexibility index (Phi) is 6.36. The first-order valence-corrected chi connectivity index (χ1v) is 11.6. The number of rotatable bonds is 8. The summed E-state index contributed by atoms with van der Waals surface area (Å²) in [6, 6.07) is 12.0. The number of hydrogen-bond donors (Lipinski definition) is 1. The van der Waals surface area contributed by atoms with Crippen LogP contribution in [0.15, 0.2) is 66.0 Å². The van der Waals surface area contributed by atoms with E-state index in [2.05, 4.69) is 21.3 Å². The molecule has 1 saturated carbocycles. The summed E-state index contributed by atoms with van der Waals surface area (Å²) in [5.74, 6) is 1.08. The van der Waals surface area contributed by atoms with Crippen LogP contribution < -0.4 is 10.5 Å². The molecule has 3 heterocycles. The summed E-state index contributed by atoms with van der Waals surface area (Å²) in [7, 11) is 3.30. The molecule has 10 heteroatoms. The topological polar surface area (TPSA) is 129 Å². The molecule has 3 aromatic heterocycles. The Morgan fingerprint density at radius 1 is 1.22 bits per heavy atom. The van der Waals surface area contributed by atoms with Gasteiger partial charge in [0.2, 0.25) is 0 Å². The van der Waals surface area contributed by atoms with Crippen LogP contribution in [0.3, 0.4) is 0 Å². The van der Waals surface area contributed by atoms with Crippen molar-refractivity contribution < 1.29 is 9.47 Å². The molecule has 1 aliphatic carbocycles. The van der Waals surface area contributed by atoms with Crippen molar-refractivity contribution in [3.05, 3.63) is 72.3 Å². The molecule has 0 spiro atoms. The number of nitrogens with two attached hydrogens (primary N) is 1. The maximum absolute atomic E-state index is 9.08. The van der Waals surface area contributed by atoms with Gasteiger partial charge >= 0.3 is 0 Å². The van der Waals surface area contributed by atoms with Gasteiger partial charge in [-0.2, -0.15) is 15.5 Å². The fourth-order valence-electron chi connectivity index (χ4n) is 4.18. The van der Waals surface area contributed by atoms with Gasteiger partial charge in [0.1, 0.15) is 12.4 Å². The third kappa shape index (κ3) is 4.51. The van der Waals surface area contributed by atoms with E-state index in [1.165, 1.54) is 0 Å². The number of fused-ring (bicyclic) bond motifs is 1. The van der Waals surface area contributed by atoms with Crippen LogP contribution in [0.2, 0.25) is 0 Å². The normalized spacial score (nSPS) is 18.0. The molecule has 5 rings (SSSR count). The Labute approximate surface area is 208 Å². The van der Waals surface area contributed by atoms with Gasteiger partial charge in [-0.05, 0) is 36.6 Å². The van der Waals surface area contributed by atoms with Crippen LogP contribution in [0.25, 0.3) is 22.3 Å². The van der Waals surface area contributed by atoms with E-state index in [1.54, 1.807) is 43.5 Å². The second-order valence-electron chi connectivity index (χ2n) is 8.60. The molecule has 1 aliphatic rings. The maximum atomic E-state index is 9.08. The van der Waals surface area contributed by atoms with Crippen LogP contribution in [-0.2, 0) is 11.3 Å². The van der Waals surface area contributed by atoms with Crippen LogP contribution in [0, 0.1) is 17.2 Å². The van der Waals surface area contributed by atoms with Crippen molar-refractivity contribution in [1.29, 1.82) is 5.26 Å². The Balaban J connectivity index is 1.46. The van der Waals surface area contributed by atoms with Gasteiger partial charge in [-0.3, -0.25) is 9.67 Å². The number of aromatic nitrogens is 5. The fraction of sp³-hybridized carbons (Fsp3) is 0.269. The van der Waals surface area contributed by atoms with Crippen molar-refractivity contribution in [2.45, 2.75) is 25.5 Å². The van der Waals surface area contributed by atoms with Crippen LogP contribution in [0.1, 0.15) is 30.1 Å². The minimum Gasteiger partial charge on any atom is -0.497 e. The number of aliphatic imine (C=N–C) groups is 1. The smallest absolute Gasteiger partial charge is 0.195 e. The maximum Gasteiger partial charge on any atom is 0.195 e. The third-order valence-corrected chi connectivity index (χ3v) is 6.29. The minimum atomic E-state index is 0.104. The lowest BCUT2D eigenvalue weighted by molar-refractivity contribution is 0.198. The molecule has 0 radical (unpaired) electrons. The zero-order chi connectivity index (χ0) is 25.1. The van der Waals surface area contributed by atoms with Crippen LogP contribution in [0.4, 0.5) is 0 Å². The molecule has 0 saturated heterocycles. The standard InChI is InChI=1S/C26H26N8O2/c1-29-13-22(26(28)36-16-17-3-5-21(35-2)6-4-17)23-15-34-24(7-8-30-34)25(32-23)19-12-31-33(14-19)20-9-18(10-20)11-27/h3-8,12-15,18,20H,9-10,16,28H2,1-2H3. The first kappa shape index (κ1) is 23.1. The van der Waals surface area contributed by atoms with E-state index in [1.807, 2.05) is 41.2 Å². The van der Waals surface area contributed by atoms with E-state index in [9.17, 15) is 0 Å².